The molecule has 0 unspecified atom stereocenters. The molecule has 0 spiro atoms. The van der Waals surface area contributed by atoms with E-state index in [0.29, 0.717) is 0 Å². The molecule has 0 heterocycles. The van der Waals surface area contributed by atoms with Crippen molar-refractivity contribution in [3.63, 3.8) is 0 Å². The van der Waals surface area contributed by atoms with E-state index in [1.807, 2.05) is 6.92 Å². The zero-order valence-corrected chi connectivity index (χ0v) is 12.8. The molecule has 0 aliphatic carbocycles. The fourth-order valence-electron chi connectivity index (χ4n) is 1.61. The Bertz CT molecular complexity index is 283. The molecule has 1 nitrogen and oxygen atoms in total. The fourth-order valence-corrected chi connectivity index (χ4v) is 3.25. The Labute approximate surface area is 115 Å². The van der Waals surface area contributed by atoms with Crippen LogP contribution in [0.2, 0.25) is 0 Å². The predicted molar refractivity (Wildman–Crippen MR) is 76.7 cm³/mol. The Morgan fingerprint density at radius 2 is 1.75 bits per heavy atom. The molecule has 0 bridgehead atoms. The van der Waals surface area contributed by atoms with Crippen LogP contribution in [0.1, 0.15) is 12.5 Å². The van der Waals surface area contributed by atoms with E-state index in [1.165, 1.54) is 5.56 Å². The minimum absolute atomic E-state index is 0.150. The van der Waals surface area contributed by atoms with Crippen LogP contribution >= 0.6 is 31.9 Å². The highest BCUT2D eigenvalue weighted by Gasteiger charge is 2.28. The van der Waals surface area contributed by atoms with Gasteiger partial charge in [0, 0.05) is 22.7 Å². The van der Waals surface area contributed by atoms with Crippen molar-refractivity contribution >= 4 is 31.9 Å². The molecule has 0 N–H and O–H groups in total. The zero-order chi connectivity index (χ0) is 11.9. The van der Waals surface area contributed by atoms with E-state index >= 15 is 0 Å². The van der Waals surface area contributed by atoms with E-state index in [9.17, 15) is 0 Å². The third kappa shape index (κ3) is 4.19. The van der Waals surface area contributed by atoms with Gasteiger partial charge in [0.05, 0.1) is 6.61 Å². The summed E-state index contributed by atoms with van der Waals surface area (Å²) in [5, 5.41) is 1.89. The number of hydrogen-bond acceptors (Lipinski definition) is 1. The summed E-state index contributed by atoms with van der Waals surface area (Å²) in [7, 11) is 0. The van der Waals surface area contributed by atoms with Gasteiger partial charge in [0.25, 0.3) is 0 Å². The van der Waals surface area contributed by atoms with Gasteiger partial charge in [-0.1, -0.05) is 62.2 Å². The van der Waals surface area contributed by atoms with Crippen LogP contribution in [-0.4, -0.2) is 23.9 Å². The third-order valence-electron chi connectivity index (χ3n) is 2.60. The van der Waals surface area contributed by atoms with Crippen LogP contribution in [0.4, 0.5) is 0 Å². The van der Waals surface area contributed by atoms with E-state index in [1.54, 1.807) is 0 Å². The second-order valence-corrected chi connectivity index (χ2v) is 5.19. The Morgan fingerprint density at radius 1 is 1.12 bits per heavy atom. The average molecular weight is 350 g/mol. The van der Waals surface area contributed by atoms with Crippen LogP contribution in [0, 0.1) is 5.41 Å². The van der Waals surface area contributed by atoms with Crippen molar-refractivity contribution in [3.8, 4) is 0 Å². The van der Waals surface area contributed by atoms with Gasteiger partial charge >= 0.3 is 0 Å². The summed E-state index contributed by atoms with van der Waals surface area (Å²) in [6.07, 6.45) is 1.03. The lowest BCUT2D eigenvalue weighted by atomic mass is 9.86. The van der Waals surface area contributed by atoms with Crippen LogP contribution in [0.5, 0.6) is 0 Å². The first-order chi connectivity index (χ1) is 7.76. The van der Waals surface area contributed by atoms with Crippen molar-refractivity contribution in [1.29, 1.82) is 0 Å². The number of rotatable bonds is 7. The van der Waals surface area contributed by atoms with E-state index in [2.05, 4.69) is 62.2 Å². The Morgan fingerprint density at radius 3 is 2.25 bits per heavy atom. The molecule has 0 atom stereocenters. The molecule has 90 valence electrons. The van der Waals surface area contributed by atoms with Crippen LogP contribution < -0.4 is 0 Å². The number of hydrogen-bond donors (Lipinski definition) is 0. The minimum atomic E-state index is 0.150. The summed E-state index contributed by atoms with van der Waals surface area (Å²) in [6, 6.07) is 10.6. The van der Waals surface area contributed by atoms with Crippen LogP contribution in [0.25, 0.3) is 0 Å². The van der Waals surface area contributed by atoms with Crippen molar-refractivity contribution in [2.75, 3.05) is 23.9 Å². The molecule has 0 saturated heterocycles. The molecule has 0 amide bonds. The predicted octanol–water partition coefficient (Wildman–Crippen LogP) is 4.04. The van der Waals surface area contributed by atoms with E-state index in [-0.39, 0.29) is 5.41 Å². The molecular formula is C13H18Br2O. The van der Waals surface area contributed by atoms with Crippen molar-refractivity contribution in [2.24, 2.45) is 5.41 Å². The second kappa shape index (κ2) is 7.46. The van der Waals surface area contributed by atoms with Crippen LogP contribution in [0.3, 0.4) is 0 Å². The second-order valence-electron chi connectivity index (χ2n) is 4.07. The lowest BCUT2D eigenvalue weighted by molar-refractivity contribution is 0.0772. The van der Waals surface area contributed by atoms with Crippen molar-refractivity contribution < 1.29 is 4.74 Å². The van der Waals surface area contributed by atoms with Gasteiger partial charge in [0.1, 0.15) is 0 Å². The molecule has 16 heavy (non-hydrogen) atoms. The molecule has 0 aliphatic heterocycles. The lowest BCUT2D eigenvalue weighted by Crippen LogP contribution is -2.33. The molecule has 0 saturated carbocycles. The van der Waals surface area contributed by atoms with Gasteiger partial charge in [0.2, 0.25) is 0 Å². The number of halogens is 2. The van der Waals surface area contributed by atoms with Crippen LogP contribution in [-0.2, 0) is 11.2 Å². The summed E-state index contributed by atoms with van der Waals surface area (Å²) in [6.45, 7) is 3.60. The van der Waals surface area contributed by atoms with Gasteiger partial charge in [-0.15, -0.1) is 0 Å². The van der Waals surface area contributed by atoms with Gasteiger partial charge in [-0.2, -0.15) is 0 Å². The lowest BCUT2D eigenvalue weighted by Gasteiger charge is -2.29. The SMILES string of the molecule is CCOCC(CBr)(CBr)Cc1ccccc1. The number of benzene rings is 1. The Hall–Kier alpha value is 0.140. The monoisotopic (exact) mass is 348 g/mol. The minimum Gasteiger partial charge on any atom is -0.381 e. The smallest absolute Gasteiger partial charge is 0.0541 e. The normalized spacial score (nSPS) is 11.7. The van der Waals surface area contributed by atoms with Gasteiger partial charge in [-0.05, 0) is 18.9 Å². The standard InChI is InChI=1S/C13H18Br2O/c1-2-16-11-13(9-14,10-15)8-12-6-4-3-5-7-12/h3-7H,2,8-11H2,1H3. The van der Waals surface area contributed by atoms with Gasteiger partial charge in [0.15, 0.2) is 0 Å². The highest BCUT2D eigenvalue weighted by molar-refractivity contribution is 9.09. The number of ether oxygens (including phenoxy) is 1. The molecule has 3 heteroatoms. The maximum atomic E-state index is 5.59. The molecule has 0 aliphatic rings. The summed E-state index contributed by atoms with van der Waals surface area (Å²) in [5.74, 6) is 0. The topological polar surface area (TPSA) is 9.23 Å². The molecule has 0 fully saturated rings. The fraction of sp³-hybridized carbons (Fsp3) is 0.538. The Balaban J connectivity index is 2.70. The maximum Gasteiger partial charge on any atom is 0.0541 e. The first-order valence-corrected chi connectivity index (χ1v) is 7.74. The largest absolute Gasteiger partial charge is 0.381 e. The molecular weight excluding hydrogens is 332 g/mol. The van der Waals surface area contributed by atoms with Gasteiger partial charge < -0.3 is 4.74 Å². The average Bonchev–Trinajstić information content (AvgIpc) is 2.36. The summed E-state index contributed by atoms with van der Waals surface area (Å²) < 4.78 is 5.59. The maximum absolute atomic E-state index is 5.59. The van der Waals surface area contributed by atoms with E-state index in [4.69, 9.17) is 4.74 Å². The van der Waals surface area contributed by atoms with Crippen molar-refractivity contribution in [1.82, 2.24) is 0 Å². The first-order valence-electron chi connectivity index (χ1n) is 5.50. The first kappa shape index (κ1) is 14.2. The van der Waals surface area contributed by atoms with Crippen LogP contribution in [0.15, 0.2) is 30.3 Å². The summed E-state index contributed by atoms with van der Waals surface area (Å²) in [5.41, 5.74) is 1.51. The summed E-state index contributed by atoms with van der Waals surface area (Å²) >= 11 is 7.22. The van der Waals surface area contributed by atoms with E-state index < -0.39 is 0 Å². The quantitative estimate of drug-likeness (QED) is 0.675. The zero-order valence-electron chi connectivity index (χ0n) is 9.59. The van der Waals surface area contributed by atoms with E-state index in [0.717, 1.165) is 30.3 Å². The van der Waals surface area contributed by atoms with Crippen molar-refractivity contribution in [2.45, 2.75) is 13.3 Å². The van der Waals surface area contributed by atoms with Gasteiger partial charge in [-0.3, -0.25) is 0 Å². The molecule has 1 aromatic carbocycles. The van der Waals surface area contributed by atoms with Gasteiger partial charge in [-0.25, -0.2) is 0 Å². The highest BCUT2D eigenvalue weighted by atomic mass is 79.9. The molecule has 0 aromatic heterocycles. The molecule has 1 rings (SSSR count). The molecule has 0 radical (unpaired) electrons. The summed E-state index contributed by atoms with van der Waals surface area (Å²) in [4.78, 5) is 0. The third-order valence-corrected chi connectivity index (χ3v) is 4.98. The number of alkyl halides is 2. The highest BCUT2D eigenvalue weighted by Crippen LogP contribution is 2.28. The molecule has 1 aromatic rings. The Kier molecular flexibility index (Phi) is 6.62. The van der Waals surface area contributed by atoms with Crippen molar-refractivity contribution in [3.05, 3.63) is 35.9 Å².